The number of halogens is 1. The van der Waals surface area contributed by atoms with E-state index in [1.807, 2.05) is 31.2 Å². The summed E-state index contributed by atoms with van der Waals surface area (Å²) >= 11 is 5.88. The molecule has 106 valence electrons. The molecular formula is C16H18ClNO2. The van der Waals surface area contributed by atoms with Crippen molar-refractivity contribution < 1.29 is 10.2 Å². The molecule has 0 amide bonds. The van der Waals surface area contributed by atoms with Crippen LogP contribution in [0.1, 0.15) is 37.1 Å². The van der Waals surface area contributed by atoms with Gasteiger partial charge in [-0.05, 0) is 37.6 Å². The zero-order chi connectivity index (χ0) is 14.7. The van der Waals surface area contributed by atoms with Crippen LogP contribution in [0.15, 0.2) is 42.5 Å². The Morgan fingerprint density at radius 2 is 1.60 bits per heavy atom. The van der Waals surface area contributed by atoms with Gasteiger partial charge in [-0.3, -0.25) is 0 Å². The quantitative estimate of drug-likeness (QED) is 0.793. The second-order valence-electron chi connectivity index (χ2n) is 4.90. The van der Waals surface area contributed by atoms with Crippen LogP contribution in [0.25, 0.3) is 0 Å². The van der Waals surface area contributed by atoms with E-state index in [0.717, 1.165) is 11.1 Å². The van der Waals surface area contributed by atoms with Gasteiger partial charge < -0.3 is 15.5 Å². The molecule has 2 aromatic carbocycles. The minimum Gasteiger partial charge on any atom is -0.508 e. The number of phenolic OH excluding ortho intramolecular Hbond substituents is 2. The summed E-state index contributed by atoms with van der Waals surface area (Å²) in [5.74, 6) is 0.150. The van der Waals surface area contributed by atoms with E-state index < -0.39 is 0 Å². The molecule has 0 aliphatic carbocycles. The lowest BCUT2D eigenvalue weighted by molar-refractivity contribution is 0.427. The number of hydrogen-bond acceptors (Lipinski definition) is 3. The van der Waals surface area contributed by atoms with Crippen LogP contribution in [0.4, 0.5) is 0 Å². The van der Waals surface area contributed by atoms with Crippen molar-refractivity contribution >= 4 is 11.6 Å². The summed E-state index contributed by atoms with van der Waals surface area (Å²) in [5, 5.41) is 23.3. The molecule has 2 atom stereocenters. The zero-order valence-electron chi connectivity index (χ0n) is 11.5. The van der Waals surface area contributed by atoms with E-state index in [9.17, 15) is 10.2 Å². The Kier molecular flexibility index (Phi) is 4.53. The first-order chi connectivity index (χ1) is 9.47. The summed E-state index contributed by atoms with van der Waals surface area (Å²) in [4.78, 5) is 0. The second kappa shape index (κ2) is 6.16. The number of hydrogen-bond donors (Lipinski definition) is 3. The smallest absolute Gasteiger partial charge is 0.124 e. The van der Waals surface area contributed by atoms with Gasteiger partial charge in [0.05, 0.1) is 0 Å². The standard InChI is InChI=1S/C16H18ClNO2/c1-10(12-3-5-13(17)6-4-12)18-11(2)15-8-7-14(19)9-16(15)20/h3-11,18-20H,1-2H3/t10-,11?/m0/s1. The van der Waals surface area contributed by atoms with Crippen LogP contribution >= 0.6 is 11.6 Å². The van der Waals surface area contributed by atoms with Gasteiger partial charge in [-0.1, -0.05) is 29.8 Å². The van der Waals surface area contributed by atoms with Crippen molar-refractivity contribution in [3.8, 4) is 11.5 Å². The van der Waals surface area contributed by atoms with Crippen LogP contribution < -0.4 is 5.32 Å². The molecule has 2 aromatic rings. The fourth-order valence-corrected chi connectivity index (χ4v) is 2.34. The van der Waals surface area contributed by atoms with Crippen molar-refractivity contribution in [1.82, 2.24) is 5.32 Å². The highest BCUT2D eigenvalue weighted by Crippen LogP contribution is 2.29. The largest absolute Gasteiger partial charge is 0.508 e. The average Bonchev–Trinajstić information content (AvgIpc) is 2.39. The summed E-state index contributed by atoms with van der Waals surface area (Å²) in [5.41, 5.74) is 1.88. The minimum atomic E-state index is -0.0405. The molecule has 3 N–H and O–H groups in total. The van der Waals surface area contributed by atoms with Crippen LogP contribution in [0.5, 0.6) is 11.5 Å². The first-order valence-corrected chi connectivity index (χ1v) is 6.88. The maximum atomic E-state index is 9.86. The van der Waals surface area contributed by atoms with Crippen LogP contribution in [0.3, 0.4) is 0 Å². The van der Waals surface area contributed by atoms with Crippen molar-refractivity contribution in [3.63, 3.8) is 0 Å². The molecule has 0 aromatic heterocycles. The fourth-order valence-electron chi connectivity index (χ4n) is 2.21. The second-order valence-corrected chi connectivity index (χ2v) is 5.34. The van der Waals surface area contributed by atoms with E-state index in [0.29, 0.717) is 5.02 Å². The Labute approximate surface area is 123 Å². The fraction of sp³-hybridized carbons (Fsp3) is 0.250. The highest BCUT2D eigenvalue weighted by molar-refractivity contribution is 6.30. The van der Waals surface area contributed by atoms with Crippen molar-refractivity contribution in [2.45, 2.75) is 25.9 Å². The molecule has 2 rings (SSSR count). The highest BCUT2D eigenvalue weighted by Gasteiger charge is 2.14. The van der Waals surface area contributed by atoms with Gasteiger partial charge in [0.1, 0.15) is 11.5 Å². The monoisotopic (exact) mass is 291 g/mol. The Morgan fingerprint density at radius 1 is 0.950 bits per heavy atom. The Bertz CT molecular complexity index is 584. The van der Waals surface area contributed by atoms with Gasteiger partial charge in [-0.2, -0.15) is 0 Å². The molecule has 0 aliphatic rings. The summed E-state index contributed by atoms with van der Waals surface area (Å²) in [6.07, 6.45) is 0. The lowest BCUT2D eigenvalue weighted by atomic mass is 10.0. The Hall–Kier alpha value is -1.71. The highest BCUT2D eigenvalue weighted by atomic mass is 35.5. The third-order valence-electron chi connectivity index (χ3n) is 3.35. The van der Waals surface area contributed by atoms with E-state index in [1.54, 1.807) is 12.1 Å². The van der Waals surface area contributed by atoms with E-state index in [2.05, 4.69) is 12.2 Å². The summed E-state index contributed by atoms with van der Waals surface area (Å²) in [7, 11) is 0. The normalized spacial score (nSPS) is 13.9. The summed E-state index contributed by atoms with van der Waals surface area (Å²) < 4.78 is 0. The first-order valence-electron chi connectivity index (χ1n) is 6.50. The first kappa shape index (κ1) is 14.7. The number of nitrogens with one attached hydrogen (secondary N) is 1. The number of rotatable bonds is 4. The van der Waals surface area contributed by atoms with Gasteiger partial charge in [-0.25, -0.2) is 0 Å². The average molecular weight is 292 g/mol. The SMILES string of the molecule is CC(N[C@@H](C)c1ccc(Cl)cc1)c1ccc(O)cc1O. The molecule has 0 bridgehead atoms. The van der Waals surface area contributed by atoms with Crippen molar-refractivity contribution in [1.29, 1.82) is 0 Å². The van der Waals surface area contributed by atoms with Crippen LogP contribution in [0.2, 0.25) is 5.02 Å². The molecule has 0 fully saturated rings. The summed E-state index contributed by atoms with van der Waals surface area (Å²) in [6, 6.07) is 12.4. The van der Waals surface area contributed by atoms with Gasteiger partial charge in [0.25, 0.3) is 0 Å². The van der Waals surface area contributed by atoms with Crippen molar-refractivity contribution in [3.05, 3.63) is 58.6 Å². The van der Waals surface area contributed by atoms with Gasteiger partial charge in [-0.15, -0.1) is 0 Å². The maximum absolute atomic E-state index is 9.86. The van der Waals surface area contributed by atoms with Gasteiger partial charge in [0.2, 0.25) is 0 Å². The molecule has 0 heterocycles. The van der Waals surface area contributed by atoms with Gasteiger partial charge in [0.15, 0.2) is 0 Å². The zero-order valence-corrected chi connectivity index (χ0v) is 12.2. The molecule has 0 saturated heterocycles. The Balaban J connectivity index is 2.10. The number of benzene rings is 2. The topological polar surface area (TPSA) is 52.5 Å². The molecule has 4 heteroatoms. The maximum Gasteiger partial charge on any atom is 0.124 e. The third kappa shape index (κ3) is 3.44. The van der Waals surface area contributed by atoms with Crippen LogP contribution in [-0.2, 0) is 0 Å². The van der Waals surface area contributed by atoms with E-state index in [1.165, 1.54) is 6.07 Å². The van der Waals surface area contributed by atoms with Crippen molar-refractivity contribution in [2.75, 3.05) is 0 Å². The minimum absolute atomic E-state index is 0.0405. The molecular weight excluding hydrogens is 274 g/mol. The van der Waals surface area contributed by atoms with Crippen molar-refractivity contribution in [2.24, 2.45) is 0 Å². The number of phenols is 2. The molecule has 0 spiro atoms. The molecule has 0 saturated carbocycles. The van der Waals surface area contributed by atoms with Gasteiger partial charge >= 0.3 is 0 Å². The van der Waals surface area contributed by atoms with Gasteiger partial charge in [0, 0.05) is 28.7 Å². The lowest BCUT2D eigenvalue weighted by Crippen LogP contribution is -2.22. The van der Waals surface area contributed by atoms with E-state index >= 15 is 0 Å². The van der Waals surface area contributed by atoms with E-state index in [4.69, 9.17) is 11.6 Å². The molecule has 0 radical (unpaired) electrons. The lowest BCUT2D eigenvalue weighted by Gasteiger charge is -2.21. The molecule has 20 heavy (non-hydrogen) atoms. The van der Waals surface area contributed by atoms with E-state index in [-0.39, 0.29) is 23.6 Å². The third-order valence-corrected chi connectivity index (χ3v) is 3.60. The predicted molar refractivity (Wildman–Crippen MR) is 81.2 cm³/mol. The van der Waals surface area contributed by atoms with Crippen LogP contribution in [0, 0.1) is 0 Å². The van der Waals surface area contributed by atoms with Crippen LogP contribution in [-0.4, -0.2) is 10.2 Å². The molecule has 3 nitrogen and oxygen atoms in total. The molecule has 0 aliphatic heterocycles. The predicted octanol–water partition coefficient (Wildman–Crippen LogP) is 4.16. The Morgan fingerprint density at radius 3 is 2.20 bits per heavy atom. The molecule has 1 unspecified atom stereocenters. The summed E-state index contributed by atoms with van der Waals surface area (Å²) in [6.45, 7) is 4.02. The number of aromatic hydroxyl groups is 2.